The quantitative estimate of drug-likeness (QED) is 0.233. The van der Waals surface area contributed by atoms with Gasteiger partial charge in [0.25, 0.3) is 0 Å². The van der Waals surface area contributed by atoms with Gasteiger partial charge in [-0.15, -0.1) is 0 Å². The van der Waals surface area contributed by atoms with E-state index in [1.807, 2.05) is 54.6 Å². The molecule has 3 aromatic carbocycles. The fourth-order valence-electron chi connectivity index (χ4n) is 6.62. The highest BCUT2D eigenvalue weighted by Gasteiger charge is 2.40. The molecule has 2 N–H and O–H groups in total. The first kappa shape index (κ1) is 25.8. The average molecular weight is 540 g/mol. The van der Waals surface area contributed by atoms with Crippen LogP contribution in [0.5, 0.6) is 0 Å². The molecule has 2 heterocycles. The summed E-state index contributed by atoms with van der Waals surface area (Å²) in [5.41, 5.74) is 4.54. The number of hydrogen-bond donors (Lipinski definition) is 2. The summed E-state index contributed by atoms with van der Waals surface area (Å²) in [4.78, 5) is 23.4. The van der Waals surface area contributed by atoms with E-state index in [1.165, 1.54) is 32.2 Å². The molecule has 4 aromatic rings. The van der Waals surface area contributed by atoms with Gasteiger partial charge in [-0.3, -0.25) is 4.79 Å². The van der Waals surface area contributed by atoms with E-state index < -0.39 is 0 Å². The number of nitrogens with zero attached hydrogens (tertiary/aromatic N) is 3. The van der Waals surface area contributed by atoms with Crippen molar-refractivity contribution >= 4 is 40.4 Å². The lowest BCUT2D eigenvalue weighted by Gasteiger charge is -2.31. The Kier molecular flexibility index (Phi) is 7.49. The fourth-order valence-corrected chi connectivity index (χ4v) is 6.79. The predicted octanol–water partition coefficient (Wildman–Crippen LogP) is 7.11. The molecule has 2 aliphatic rings. The van der Waals surface area contributed by atoms with Gasteiger partial charge in [0.15, 0.2) is 5.82 Å². The Morgan fingerprint density at radius 1 is 0.974 bits per heavy atom. The molecule has 6 nitrogen and oxygen atoms in total. The topological polar surface area (TPSA) is 70.2 Å². The van der Waals surface area contributed by atoms with E-state index in [0.29, 0.717) is 17.3 Å². The normalized spacial score (nSPS) is 21.0. The number of halogens is 1. The molecule has 3 unspecified atom stereocenters. The minimum Gasteiger partial charge on any atom is -0.369 e. The molecule has 1 amide bonds. The van der Waals surface area contributed by atoms with E-state index in [9.17, 15) is 4.79 Å². The fraction of sp³-hybridized carbons (Fsp3) is 0.344. The third kappa shape index (κ3) is 5.49. The Balaban J connectivity index is 1.27. The Bertz CT molecular complexity index is 1490. The summed E-state index contributed by atoms with van der Waals surface area (Å²) in [6.45, 7) is 2.07. The summed E-state index contributed by atoms with van der Waals surface area (Å²) in [6, 6.07) is 22.6. The highest BCUT2D eigenvalue weighted by Crippen LogP contribution is 2.40. The number of amides is 1. The molecule has 2 fully saturated rings. The van der Waals surface area contributed by atoms with Gasteiger partial charge in [-0.05, 0) is 85.7 Å². The van der Waals surface area contributed by atoms with Gasteiger partial charge in [-0.25, -0.2) is 9.97 Å². The number of carbonyl (C=O) groups excluding carboxylic acids is 1. The van der Waals surface area contributed by atoms with Crippen molar-refractivity contribution in [3.63, 3.8) is 0 Å². The number of carbonyl (C=O) groups is 1. The predicted molar refractivity (Wildman–Crippen MR) is 160 cm³/mol. The zero-order valence-corrected chi connectivity index (χ0v) is 23.0. The van der Waals surface area contributed by atoms with Gasteiger partial charge in [0.2, 0.25) is 6.41 Å². The number of fused-ring (bicyclic) bond motifs is 2. The standard InChI is InChI=1S/C32H34ClN5O/c1-38-19-24(27-10-2-3-11-30(27)38)14-15-34-32-28-13-12-25(33)18-29(28)36-31(37-32)23-8-4-6-21(16-23)22-7-5-9-26(17-22)35-20-39/h4-9,12-13,16-18,20,24,27,30H,2-3,10-11,14-15,19H2,1H3,(H,35,39)(H,34,36,37). The lowest BCUT2D eigenvalue weighted by Crippen LogP contribution is -2.32. The van der Waals surface area contributed by atoms with Crippen LogP contribution in [0, 0.1) is 11.8 Å². The van der Waals surface area contributed by atoms with Gasteiger partial charge >= 0.3 is 0 Å². The molecule has 200 valence electrons. The van der Waals surface area contributed by atoms with Gasteiger partial charge in [-0.2, -0.15) is 0 Å². The Morgan fingerprint density at radius 2 is 1.77 bits per heavy atom. The molecule has 0 radical (unpaired) electrons. The van der Waals surface area contributed by atoms with Crippen LogP contribution in [0.3, 0.4) is 0 Å². The molecule has 39 heavy (non-hydrogen) atoms. The van der Waals surface area contributed by atoms with Crippen LogP contribution >= 0.6 is 11.6 Å². The van der Waals surface area contributed by atoms with E-state index in [2.05, 4.69) is 34.7 Å². The minimum atomic E-state index is 0.656. The average Bonchev–Trinajstić information content (AvgIpc) is 3.28. The number of likely N-dealkylation sites (tertiary alicyclic amines) is 1. The highest BCUT2D eigenvalue weighted by molar-refractivity contribution is 6.31. The molecule has 1 saturated heterocycles. The first-order chi connectivity index (χ1) is 19.1. The summed E-state index contributed by atoms with van der Waals surface area (Å²) in [5, 5.41) is 8.03. The van der Waals surface area contributed by atoms with Crippen LogP contribution < -0.4 is 10.6 Å². The molecule has 1 aliphatic heterocycles. The maximum Gasteiger partial charge on any atom is 0.211 e. The van der Waals surface area contributed by atoms with Crippen molar-refractivity contribution in [2.45, 2.75) is 38.1 Å². The second-order valence-electron chi connectivity index (χ2n) is 10.9. The number of aromatic nitrogens is 2. The van der Waals surface area contributed by atoms with E-state index in [4.69, 9.17) is 21.6 Å². The smallest absolute Gasteiger partial charge is 0.211 e. The first-order valence-electron chi connectivity index (χ1n) is 13.9. The van der Waals surface area contributed by atoms with Gasteiger partial charge in [0.05, 0.1) is 5.52 Å². The lowest BCUT2D eigenvalue weighted by atomic mass is 9.78. The molecule has 0 spiro atoms. The molecular weight excluding hydrogens is 506 g/mol. The number of rotatable bonds is 8. The molecule has 3 atom stereocenters. The lowest BCUT2D eigenvalue weighted by molar-refractivity contribution is -0.105. The number of benzene rings is 3. The van der Waals surface area contributed by atoms with Crippen LogP contribution in [0.25, 0.3) is 33.4 Å². The summed E-state index contributed by atoms with van der Waals surface area (Å²) in [5.74, 6) is 3.06. The summed E-state index contributed by atoms with van der Waals surface area (Å²) < 4.78 is 0. The van der Waals surface area contributed by atoms with Crippen LogP contribution in [0.1, 0.15) is 32.1 Å². The van der Waals surface area contributed by atoms with Gasteiger partial charge in [-0.1, -0.05) is 54.8 Å². The van der Waals surface area contributed by atoms with Crippen LogP contribution in [0.2, 0.25) is 5.02 Å². The Labute approximate surface area is 234 Å². The van der Waals surface area contributed by atoms with E-state index in [-0.39, 0.29) is 0 Å². The highest BCUT2D eigenvalue weighted by atomic mass is 35.5. The van der Waals surface area contributed by atoms with Crippen LogP contribution in [-0.2, 0) is 4.79 Å². The molecule has 6 rings (SSSR count). The maximum atomic E-state index is 10.9. The monoisotopic (exact) mass is 539 g/mol. The maximum absolute atomic E-state index is 10.9. The Hall–Kier alpha value is -3.48. The van der Waals surface area contributed by atoms with Crippen molar-refractivity contribution in [1.29, 1.82) is 0 Å². The minimum absolute atomic E-state index is 0.656. The molecule has 0 bridgehead atoms. The van der Waals surface area contributed by atoms with E-state index in [1.54, 1.807) is 0 Å². The van der Waals surface area contributed by atoms with Gasteiger partial charge in [0, 0.05) is 40.8 Å². The molecular formula is C32H34ClN5O. The van der Waals surface area contributed by atoms with Crippen LogP contribution in [0.4, 0.5) is 11.5 Å². The van der Waals surface area contributed by atoms with E-state index in [0.717, 1.165) is 69.9 Å². The van der Waals surface area contributed by atoms with Crippen molar-refractivity contribution in [3.8, 4) is 22.5 Å². The third-order valence-corrected chi connectivity index (χ3v) is 8.72. The summed E-state index contributed by atoms with van der Waals surface area (Å²) in [7, 11) is 2.30. The van der Waals surface area contributed by atoms with E-state index >= 15 is 0 Å². The Morgan fingerprint density at radius 3 is 2.64 bits per heavy atom. The molecule has 1 aromatic heterocycles. The largest absolute Gasteiger partial charge is 0.369 e. The zero-order chi connectivity index (χ0) is 26.8. The van der Waals surface area contributed by atoms with Gasteiger partial charge < -0.3 is 15.5 Å². The molecule has 7 heteroatoms. The first-order valence-corrected chi connectivity index (χ1v) is 14.3. The SMILES string of the molecule is CN1CC(CCNc2nc(-c3cccc(-c4cccc(NC=O)c4)c3)nc3cc(Cl)ccc23)C2CCCCC21. The van der Waals surface area contributed by atoms with Gasteiger partial charge in [0.1, 0.15) is 5.82 Å². The van der Waals surface area contributed by atoms with Crippen molar-refractivity contribution < 1.29 is 4.79 Å². The van der Waals surface area contributed by atoms with Crippen LogP contribution in [-0.4, -0.2) is 47.5 Å². The van der Waals surface area contributed by atoms with Crippen molar-refractivity contribution in [2.75, 3.05) is 30.8 Å². The van der Waals surface area contributed by atoms with Crippen molar-refractivity contribution in [3.05, 3.63) is 71.8 Å². The zero-order valence-electron chi connectivity index (χ0n) is 22.2. The second-order valence-corrected chi connectivity index (χ2v) is 11.3. The summed E-state index contributed by atoms with van der Waals surface area (Å²) >= 11 is 6.37. The third-order valence-electron chi connectivity index (χ3n) is 8.48. The van der Waals surface area contributed by atoms with Crippen molar-refractivity contribution in [1.82, 2.24) is 14.9 Å². The number of anilines is 2. The second kappa shape index (κ2) is 11.3. The molecule has 1 saturated carbocycles. The number of hydrogen-bond acceptors (Lipinski definition) is 5. The van der Waals surface area contributed by atoms with Crippen molar-refractivity contribution in [2.24, 2.45) is 11.8 Å². The molecule has 1 aliphatic carbocycles. The number of nitrogens with one attached hydrogen (secondary N) is 2. The summed E-state index contributed by atoms with van der Waals surface area (Å²) in [6.07, 6.45) is 7.29. The van der Waals surface area contributed by atoms with Crippen LogP contribution in [0.15, 0.2) is 66.7 Å².